The number of para-hydroxylation sites is 2. The molecule has 4 heteroatoms. The molecule has 0 spiro atoms. The molecule has 1 fully saturated rings. The normalized spacial score (nSPS) is 14.3. The lowest BCUT2D eigenvalue weighted by Crippen LogP contribution is -2.24. The first-order valence-corrected chi connectivity index (χ1v) is 10.8. The minimum absolute atomic E-state index is 0.189. The van der Waals surface area contributed by atoms with Gasteiger partial charge in [0.05, 0.1) is 11.4 Å². The first-order valence-electron chi connectivity index (χ1n) is 10.8. The van der Waals surface area contributed by atoms with Gasteiger partial charge >= 0.3 is 0 Å². The molecule has 0 aliphatic heterocycles. The van der Waals surface area contributed by atoms with Crippen LogP contribution >= 0.6 is 0 Å². The van der Waals surface area contributed by atoms with E-state index in [1.165, 1.54) is 43.7 Å². The monoisotopic (exact) mass is 393 g/mol. The fourth-order valence-electron chi connectivity index (χ4n) is 3.52. The second kappa shape index (κ2) is 12.8. The number of hydrogen-bond donors (Lipinski definition) is 3. The molecule has 3 rings (SSSR count). The Kier molecular flexibility index (Phi) is 10.0. The van der Waals surface area contributed by atoms with E-state index in [0.717, 1.165) is 24.6 Å². The summed E-state index contributed by atoms with van der Waals surface area (Å²) in [5, 5.41) is 6.37. The van der Waals surface area contributed by atoms with Gasteiger partial charge < -0.3 is 16.4 Å². The minimum atomic E-state index is -0.189. The van der Waals surface area contributed by atoms with Crippen LogP contribution in [-0.4, -0.2) is 12.5 Å². The number of nitrogens with two attached hydrogens (primary N) is 1. The highest BCUT2D eigenvalue weighted by Crippen LogP contribution is 2.22. The number of nitrogen functional groups attached to an aromatic ring is 1. The van der Waals surface area contributed by atoms with Gasteiger partial charge in [0.2, 0.25) is 5.91 Å². The second-order valence-corrected chi connectivity index (χ2v) is 7.29. The number of hydrogen-bond acceptors (Lipinski definition) is 3. The van der Waals surface area contributed by atoms with Crippen LogP contribution in [0.1, 0.15) is 57.1 Å². The van der Waals surface area contributed by atoms with Crippen LogP contribution in [0.3, 0.4) is 0 Å². The number of carbonyl (C=O) groups is 1. The smallest absolute Gasteiger partial charge is 0.248 e. The van der Waals surface area contributed by atoms with Crippen LogP contribution in [0.15, 0.2) is 54.6 Å². The highest BCUT2D eigenvalue weighted by atomic mass is 16.1. The predicted molar refractivity (Wildman–Crippen MR) is 125 cm³/mol. The molecule has 0 atom stereocenters. The van der Waals surface area contributed by atoms with Crippen molar-refractivity contribution in [2.45, 2.75) is 52.5 Å². The average Bonchev–Trinajstić information content (AvgIpc) is 2.77. The summed E-state index contributed by atoms with van der Waals surface area (Å²) in [7, 11) is 0. The molecule has 0 unspecified atom stereocenters. The summed E-state index contributed by atoms with van der Waals surface area (Å²) in [5.41, 5.74) is 9.30. The number of amides is 1. The van der Waals surface area contributed by atoms with Crippen molar-refractivity contribution in [3.05, 3.63) is 65.7 Å². The van der Waals surface area contributed by atoms with Gasteiger partial charge in [0, 0.05) is 12.6 Å². The van der Waals surface area contributed by atoms with Gasteiger partial charge in [0.25, 0.3) is 0 Å². The van der Waals surface area contributed by atoms with E-state index in [2.05, 4.69) is 22.8 Å². The third-order valence-corrected chi connectivity index (χ3v) is 5.11. The Hall–Kier alpha value is -2.59. The number of anilines is 2. The molecule has 4 N–H and O–H groups in total. The number of carbonyl (C=O) groups excluding carboxylic acids is 1. The zero-order valence-electron chi connectivity index (χ0n) is 17.8. The zero-order chi connectivity index (χ0) is 20.9. The van der Waals surface area contributed by atoms with E-state index in [1.807, 2.05) is 44.2 Å². The molecule has 2 aromatic carbocycles. The summed E-state index contributed by atoms with van der Waals surface area (Å²) in [4.78, 5) is 12.0. The highest BCUT2D eigenvalue weighted by Gasteiger charge is 2.12. The van der Waals surface area contributed by atoms with Gasteiger partial charge in [0.1, 0.15) is 0 Å². The molecule has 0 bridgehead atoms. The Morgan fingerprint density at radius 1 is 1.03 bits per heavy atom. The summed E-state index contributed by atoms with van der Waals surface area (Å²) in [6.07, 6.45) is 10.3. The van der Waals surface area contributed by atoms with E-state index in [4.69, 9.17) is 5.73 Å². The Balaban J connectivity index is 0.00000145. The number of rotatable bonds is 7. The Morgan fingerprint density at radius 3 is 2.41 bits per heavy atom. The second-order valence-electron chi connectivity index (χ2n) is 7.29. The van der Waals surface area contributed by atoms with E-state index in [0.29, 0.717) is 11.4 Å². The van der Waals surface area contributed by atoms with Crippen LogP contribution in [0, 0.1) is 5.92 Å². The van der Waals surface area contributed by atoms with E-state index in [1.54, 1.807) is 12.1 Å². The molecule has 0 radical (unpaired) electrons. The third-order valence-electron chi connectivity index (χ3n) is 5.11. The maximum absolute atomic E-state index is 12.0. The summed E-state index contributed by atoms with van der Waals surface area (Å²) in [6.45, 7) is 6.01. The van der Waals surface area contributed by atoms with Crippen molar-refractivity contribution < 1.29 is 4.79 Å². The Bertz CT molecular complexity index is 762. The van der Waals surface area contributed by atoms with Crippen LogP contribution in [0.2, 0.25) is 0 Å². The van der Waals surface area contributed by atoms with Crippen LogP contribution < -0.4 is 16.4 Å². The lowest BCUT2D eigenvalue weighted by molar-refractivity contribution is -0.111. The molecule has 29 heavy (non-hydrogen) atoms. The predicted octanol–water partition coefficient (Wildman–Crippen LogP) is 5.62. The van der Waals surface area contributed by atoms with Gasteiger partial charge in [-0.2, -0.15) is 0 Å². The minimum Gasteiger partial charge on any atom is -0.397 e. The van der Waals surface area contributed by atoms with Crippen LogP contribution in [0.5, 0.6) is 0 Å². The number of nitrogens with one attached hydrogen (secondary N) is 2. The molecule has 1 amide bonds. The molecule has 0 aromatic heterocycles. The molecule has 156 valence electrons. The van der Waals surface area contributed by atoms with Gasteiger partial charge in [-0.25, -0.2) is 0 Å². The standard InChI is InChI=1S/C23H29N3O.C2H6/c24-21-8-4-5-9-22(21)26-23(27)15-14-18-10-12-20(13-11-18)17-25-16-19-6-2-1-3-7-19;1-2/h4-5,8-15,19,25H,1-3,6-7,16-17,24H2,(H,26,27);1-2H3/b15-14+;. The highest BCUT2D eigenvalue weighted by molar-refractivity contribution is 6.03. The number of benzene rings is 2. The van der Waals surface area contributed by atoms with Crippen LogP contribution in [0.4, 0.5) is 11.4 Å². The van der Waals surface area contributed by atoms with Gasteiger partial charge in [-0.1, -0.05) is 69.5 Å². The van der Waals surface area contributed by atoms with Gasteiger partial charge in [-0.15, -0.1) is 0 Å². The SMILES string of the molecule is CC.Nc1ccccc1NC(=O)/C=C/c1ccc(CNCC2CCCCC2)cc1. The molecule has 0 saturated heterocycles. The maximum atomic E-state index is 12.0. The van der Waals surface area contributed by atoms with Crippen LogP contribution in [-0.2, 0) is 11.3 Å². The van der Waals surface area contributed by atoms with Gasteiger partial charge in [-0.05, 0) is 54.6 Å². The van der Waals surface area contributed by atoms with Crippen molar-refractivity contribution in [3.8, 4) is 0 Å². The van der Waals surface area contributed by atoms with Crippen molar-refractivity contribution in [3.63, 3.8) is 0 Å². The van der Waals surface area contributed by atoms with Gasteiger partial charge in [-0.3, -0.25) is 4.79 Å². The quantitative estimate of drug-likeness (QED) is 0.423. The molecule has 1 saturated carbocycles. The average molecular weight is 394 g/mol. The summed E-state index contributed by atoms with van der Waals surface area (Å²) >= 11 is 0. The molecular weight excluding hydrogens is 358 g/mol. The van der Waals surface area contributed by atoms with E-state index in [-0.39, 0.29) is 5.91 Å². The molecule has 2 aromatic rings. The fraction of sp³-hybridized carbons (Fsp3) is 0.400. The van der Waals surface area contributed by atoms with Crippen molar-refractivity contribution in [1.29, 1.82) is 0 Å². The maximum Gasteiger partial charge on any atom is 0.248 e. The lowest BCUT2D eigenvalue weighted by atomic mass is 9.89. The van der Waals surface area contributed by atoms with E-state index < -0.39 is 0 Å². The molecule has 4 nitrogen and oxygen atoms in total. The molecule has 0 heterocycles. The Labute approximate surface area is 175 Å². The van der Waals surface area contributed by atoms with Crippen molar-refractivity contribution in [2.75, 3.05) is 17.6 Å². The lowest BCUT2D eigenvalue weighted by Gasteiger charge is -2.21. The van der Waals surface area contributed by atoms with Crippen molar-refractivity contribution in [1.82, 2.24) is 5.32 Å². The molecule has 1 aliphatic rings. The van der Waals surface area contributed by atoms with Crippen molar-refractivity contribution in [2.24, 2.45) is 5.92 Å². The summed E-state index contributed by atoms with van der Waals surface area (Å²) in [6, 6.07) is 15.5. The summed E-state index contributed by atoms with van der Waals surface area (Å²) in [5.74, 6) is 0.657. The summed E-state index contributed by atoms with van der Waals surface area (Å²) < 4.78 is 0. The largest absolute Gasteiger partial charge is 0.397 e. The topological polar surface area (TPSA) is 67.1 Å². The van der Waals surface area contributed by atoms with Gasteiger partial charge in [0.15, 0.2) is 0 Å². The Morgan fingerprint density at radius 2 is 1.72 bits per heavy atom. The first kappa shape index (κ1) is 22.7. The van der Waals surface area contributed by atoms with Crippen LogP contribution in [0.25, 0.3) is 6.08 Å². The van der Waals surface area contributed by atoms with E-state index in [9.17, 15) is 4.79 Å². The van der Waals surface area contributed by atoms with Crippen molar-refractivity contribution >= 4 is 23.4 Å². The zero-order valence-corrected chi connectivity index (χ0v) is 17.8. The third kappa shape index (κ3) is 8.12. The van der Waals surface area contributed by atoms with E-state index >= 15 is 0 Å². The molecular formula is C25H35N3O. The fourth-order valence-corrected chi connectivity index (χ4v) is 3.52. The molecule has 1 aliphatic carbocycles. The first-order chi connectivity index (χ1) is 14.2.